The van der Waals surface area contributed by atoms with Crippen LogP contribution in [-0.4, -0.2) is 16.0 Å². The molecule has 0 aromatic carbocycles. The minimum Gasteiger partial charge on any atom is -0.316 e. The number of halogens is 1. The van der Waals surface area contributed by atoms with Crippen LogP contribution >= 0.6 is 11.6 Å². The van der Waals surface area contributed by atoms with E-state index >= 15 is 0 Å². The minimum atomic E-state index is -1.13. The lowest BCUT2D eigenvalue weighted by Crippen LogP contribution is -2.50. The normalized spacial score (nSPS) is 26.8. The van der Waals surface area contributed by atoms with Gasteiger partial charge >= 0.3 is 0 Å². The standard InChI is InChI=1S/C13H13ClN2O2/c1-9(17)11-3-2-4-12(14)13(11,16-18)10-5-7-15-8-6-10/h2-8,11,16,18H,1H3. The molecule has 1 aliphatic rings. The molecule has 2 rings (SSSR count). The SMILES string of the molecule is CC(=O)C1C=CC=C(Cl)C1(NO)c1ccncc1. The molecule has 2 atom stereocenters. The molecule has 0 amide bonds. The maximum absolute atomic E-state index is 11.8. The second-order valence-corrected chi connectivity index (χ2v) is 4.55. The summed E-state index contributed by atoms with van der Waals surface area (Å²) >= 11 is 6.23. The first-order valence-corrected chi connectivity index (χ1v) is 5.87. The number of nitrogens with zero attached hydrogens (tertiary/aromatic N) is 1. The maximum Gasteiger partial charge on any atom is 0.139 e. The maximum atomic E-state index is 11.8. The van der Waals surface area contributed by atoms with Gasteiger partial charge in [-0.15, -0.1) is 0 Å². The van der Waals surface area contributed by atoms with E-state index in [9.17, 15) is 10.0 Å². The van der Waals surface area contributed by atoms with E-state index in [1.54, 1.807) is 42.8 Å². The fourth-order valence-corrected chi connectivity index (χ4v) is 2.58. The van der Waals surface area contributed by atoms with Gasteiger partial charge in [0.25, 0.3) is 0 Å². The van der Waals surface area contributed by atoms with Crippen LogP contribution in [-0.2, 0) is 10.3 Å². The van der Waals surface area contributed by atoms with Gasteiger partial charge in [-0.05, 0) is 30.7 Å². The van der Waals surface area contributed by atoms with Gasteiger partial charge in [-0.2, -0.15) is 5.48 Å². The van der Waals surface area contributed by atoms with E-state index in [1.165, 1.54) is 6.92 Å². The fraction of sp³-hybridized carbons (Fsp3) is 0.231. The number of rotatable bonds is 3. The van der Waals surface area contributed by atoms with Gasteiger partial charge in [-0.1, -0.05) is 23.8 Å². The van der Waals surface area contributed by atoms with Crippen molar-refractivity contribution in [2.24, 2.45) is 5.92 Å². The average Bonchev–Trinajstić information content (AvgIpc) is 2.39. The van der Waals surface area contributed by atoms with Crippen LogP contribution < -0.4 is 5.48 Å². The largest absolute Gasteiger partial charge is 0.316 e. The molecule has 1 aromatic heterocycles. The zero-order valence-electron chi connectivity index (χ0n) is 9.80. The van der Waals surface area contributed by atoms with E-state index in [0.717, 1.165) is 0 Å². The summed E-state index contributed by atoms with van der Waals surface area (Å²) in [6.07, 6.45) is 8.27. The molecule has 1 aliphatic carbocycles. The summed E-state index contributed by atoms with van der Waals surface area (Å²) in [5.41, 5.74) is 1.77. The second kappa shape index (κ2) is 5.02. The number of hydrogen-bond donors (Lipinski definition) is 2. The summed E-state index contributed by atoms with van der Waals surface area (Å²) in [5, 5.41) is 9.96. The molecule has 0 spiro atoms. The Morgan fingerprint density at radius 3 is 2.72 bits per heavy atom. The van der Waals surface area contributed by atoms with Crippen LogP contribution in [0.15, 0.2) is 47.8 Å². The number of Topliss-reactive ketones (excluding diaryl/α,β-unsaturated/α-hetero) is 1. The number of aromatic nitrogens is 1. The zero-order chi connectivity index (χ0) is 13.2. The predicted octanol–water partition coefficient (Wildman–Crippen LogP) is 2.15. The molecule has 0 fully saturated rings. The van der Waals surface area contributed by atoms with Crippen molar-refractivity contribution < 1.29 is 10.0 Å². The number of carbonyl (C=O) groups is 1. The molecule has 0 saturated heterocycles. The van der Waals surface area contributed by atoms with Crippen molar-refractivity contribution in [3.05, 3.63) is 53.4 Å². The van der Waals surface area contributed by atoms with Crippen molar-refractivity contribution in [3.8, 4) is 0 Å². The number of hydroxylamine groups is 1. The third-order valence-corrected chi connectivity index (χ3v) is 3.56. The van der Waals surface area contributed by atoms with Crippen LogP contribution in [0, 0.1) is 5.92 Å². The van der Waals surface area contributed by atoms with Gasteiger partial charge in [-0.3, -0.25) is 9.78 Å². The van der Waals surface area contributed by atoms with E-state index in [0.29, 0.717) is 10.6 Å². The molecule has 0 radical (unpaired) electrons. The summed E-state index contributed by atoms with van der Waals surface area (Å²) in [5.74, 6) is -0.654. The Bertz CT molecular complexity index is 513. The molecule has 4 nitrogen and oxygen atoms in total. The Hall–Kier alpha value is -1.49. The number of carbonyl (C=O) groups excluding carboxylic acids is 1. The van der Waals surface area contributed by atoms with Crippen molar-refractivity contribution in [1.82, 2.24) is 10.5 Å². The Morgan fingerprint density at radius 1 is 1.50 bits per heavy atom. The zero-order valence-corrected chi connectivity index (χ0v) is 10.6. The number of pyridine rings is 1. The number of hydrogen-bond acceptors (Lipinski definition) is 4. The van der Waals surface area contributed by atoms with E-state index in [1.807, 2.05) is 0 Å². The minimum absolute atomic E-state index is 0.0872. The van der Waals surface area contributed by atoms with Gasteiger partial charge in [0.1, 0.15) is 11.3 Å². The molecule has 18 heavy (non-hydrogen) atoms. The van der Waals surface area contributed by atoms with Crippen molar-refractivity contribution in [2.75, 3.05) is 0 Å². The molecule has 0 saturated carbocycles. The highest BCUT2D eigenvalue weighted by Crippen LogP contribution is 2.42. The molecule has 2 N–H and O–H groups in total. The van der Waals surface area contributed by atoms with Gasteiger partial charge in [0.2, 0.25) is 0 Å². The molecule has 0 aliphatic heterocycles. The fourth-order valence-electron chi connectivity index (χ4n) is 2.24. The smallest absolute Gasteiger partial charge is 0.139 e. The van der Waals surface area contributed by atoms with Gasteiger partial charge in [0.05, 0.1) is 5.92 Å². The van der Waals surface area contributed by atoms with E-state index in [-0.39, 0.29) is 5.78 Å². The first-order chi connectivity index (χ1) is 8.63. The molecule has 0 bridgehead atoms. The highest BCUT2D eigenvalue weighted by molar-refractivity contribution is 6.31. The molecule has 1 aromatic rings. The van der Waals surface area contributed by atoms with Crippen LogP contribution in [0.3, 0.4) is 0 Å². The van der Waals surface area contributed by atoms with E-state index < -0.39 is 11.5 Å². The Balaban J connectivity index is 2.62. The van der Waals surface area contributed by atoms with Crippen molar-refractivity contribution in [1.29, 1.82) is 0 Å². The van der Waals surface area contributed by atoms with Gasteiger partial charge in [0.15, 0.2) is 0 Å². The first kappa shape index (κ1) is 13.0. The lowest BCUT2D eigenvalue weighted by molar-refractivity contribution is -0.122. The summed E-state index contributed by atoms with van der Waals surface area (Å²) < 4.78 is 0. The van der Waals surface area contributed by atoms with Crippen molar-refractivity contribution in [2.45, 2.75) is 12.5 Å². The summed E-state index contributed by atoms with van der Waals surface area (Å²) in [4.78, 5) is 15.7. The third kappa shape index (κ3) is 1.88. The Morgan fingerprint density at radius 2 is 2.17 bits per heavy atom. The highest BCUT2D eigenvalue weighted by atomic mass is 35.5. The molecule has 1 heterocycles. The summed E-state index contributed by atoms with van der Waals surface area (Å²) in [6, 6.07) is 3.43. The topological polar surface area (TPSA) is 62.2 Å². The van der Waals surface area contributed by atoms with Gasteiger partial charge < -0.3 is 5.21 Å². The average molecular weight is 265 g/mol. The van der Waals surface area contributed by atoms with Crippen LogP contribution in [0.5, 0.6) is 0 Å². The summed E-state index contributed by atoms with van der Waals surface area (Å²) in [7, 11) is 0. The number of allylic oxidation sites excluding steroid dienone is 2. The molecular weight excluding hydrogens is 252 g/mol. The van der Waals surface area contributed by atoms with E-state index in [4.69, 9.17) is 11.6 Å². The van der Waals surface area contributed by atoms with E-state index in [2.05, 4.69) is 10.5 Å². The predicted molar refractivity (Wildman–Crippen MR) is 68.1 cm³/mol. The van der Waals surface area contributed by atoms with Crippen molar-refractivity contribution in [3.63, 3.8) is 0 Å². The Labute approximate surface area is 110 Å². The molecule has 2 unspecified atom stereocenters. The van der Waals surface area contributed by atoms with Crippen LogP contribution in [0.4, 0.5) is 0 Å². The lowest BCUT2D eigenvalue weighted by atomic mass is 9.74. The Kier molecular flexibility index (Phi) is 3.61. The lowest BCUT2D eigenvalue weighted by Gasteiger charge is -2.38. The van der Waals surface area contributed by atoms with Gasteiger partial charge in [0, 0.05) is 17.4 Å². The third-order valence-electron chi connectivity index (χ3n) is 3.14. The second-order valence-electron chi connectivity index (χ2n) is 4.14. The monoisotopic (exact) mass is 264 g/mol. The van der Waals surface area contributed by atoms with Crippen LogP contribution in [0.2, 0.25) is 0 Å². The van der Waals surface area contributed by atoms with Crippen molar-refractivity contribution >= 4 is 17.4 Å². The molecular formula is C13H13ClN2O2. The number of ketones is 1. The number of nitrogens with one attached hydrogen (secondary N) is 1. The highest BCUT2D eigenvalue weighted by Gasteiger charge is 2.45. The van der Waals surface area contributed by atoms with Crippen LogP contribution in [0.1, 0.15) is 12.5 Å². The molecule has 5 heteroatoms. The quantitative estimate of drug-likeness (QED) is 0.822. The van der Waals surface area contributed by atoms with Gasteiger partial charge in [-0.25, -0.2) is 0 Å². The first-order valence-electron chi connectivity index (χ1n) is 5.49. The molecule has 94 valence electrons. The summed E-state index contributed by atoms with van der Waals surface area (Å²) in [6.45, 7) is 1.47. The van der Waals surface area contributed by atoms with Crippen LogP contribution in [0.25, 0.3) is 0 Å².